The van der Waals surface area contributed by atoms with Gasteiger partial charge in [0.2, 0.25) is 5.91 Å². The van der Waals surface area contributed by atoms with Gasteiger partial charge >= 0.3 is 5.69 Å². The molecule has 3 saturated heterocycles. The zero-order chi connectivity index (χ0) is 19.7. The van der Waals surface area contributed by atoms with E-state index in [1.807, 2.05) is 11.8 Å². The van der Waals surface area contributed by atoms with Crippen molar-refractivity contribution in [3.05, 3.63) is 50.8 Å². The third kappa shape index (κ3) is 3.94. The second-order valence-corrected chi connectivity index (χ2v) is 7.87. The summed E-state index contributed by atoms with van der Waals surface area (Å²) < 4.78 is 1.38. The number of piperidine rings is 1. The summed E-state index contributed by atoms with van der Waals surface area (Å²) >= 11 is 0. The Bertz CT molecular complexity index is 961. The Labute approximate surface area is 162 Å². The molecule has 2 bridgehead atoms. The minimum absolute atomic E-state index is 0.0746. The Kier molecular flexibility index (Phi) is 5.17. The quantitative estimate of drug-likeness (QED) is 0.757. The van der Waals surface area contributed by atoms with E-state index in [1.165, 1.54) is 16.8 Å². The van der Waals surface area contributed by atoms with Crippen LogP contribution in [0.3, 0.4) is 0 Å². The van der Waals surface area contributed by atoms with Gasteiger partial charge in [-0.3, -0.25) is 19.5 Å². The number of aryl methyl sites for hydroxylation is 2. The molecular formula is C19H26N6O3. The SMILES string of the molecule is Cc1[nH]cnc1CN1C[C@H]2CC[C@@H](C1)N(C(=O)CCn1ccc(=O)[nH]c1=O)C2. The lowest BCUT2D eigenvalue weighted by molar-refractivity contribution is -0.135. The van der Waals surface area contributed by atoms with Crippen molar-refractivity contribution in [2.75, 3.05) is 19.6 Å². The van der Waals surface area contributed by atoms with Crippen LogP contribution in [0.5, 0.6) is 0 Å². The van der Waals surface area contributed by atoms with E-state index in [0.717, 1.165) is 50.4 Å². The van der Waals surface area contributed by atoms with Gasteiger partial charge in [0.05, 0.1) is 12.0 Å². The number of aromatic nitrogens is 4. The standard InChI is InChI=1S/C19H26N6O3/c1-13-16(21-12-20-13)11-23-8-14-2-3-15(10-23)25(9-14)18(27)5-7-24-6-4-17(26)22-19(24)28/h4,6,12,14-15H,2-3,5,7-11H2,1H3,(H,20,21)(H,22,26,28)/t14-,15+/m1/s1. The fourth-order valence-electron chi connectivity index (χ4n) is 4.35. The average Bonchev–Trinajstić information content (AvgIpc) is 2.88. The number of amides is 1. The van der Waals surface area contributed by atoms with E-state index in [9.17, 15) is 14.4 Å². The van der Waals surface area contributed by atoms with Crippen LogP contribution in [0.2, 0.25) is 0 Å². The Hall–Kier alpha value is -2.68. The summed E-state index contributed by atoms with van der Waals surface area (Å²) in [7, 11) is 0. The highest BCUT2D eigenvalue weighted by molar-refractivity contribution is 5.76. The maximum atomic E-state index is 12.9. The lowest BCUT2D eigenvalue weighted by Crippen LogP contribution is -2.47. The summed E-state index contributed by atoms with van der Waals surface area (Å²) in [4.78, 5) is 50.0. The first-order valence-electron chi connectivity index (χ1n) is 9.80. The van der Waals surface area contributed by atoms with E-state index >= 15 is 0 Å². The Balaban J connectivity index is 1.40. The topological polar surface area (TPSA) is 107 Å². The molecular weight excluding hydrogens is 360 g/mol. The van der Waals surface area contributed by atoms with Crippen LogP contribution >= 0.6 is 0 Å². The van der Waals surface area contributed by atoms with Crippen LogP contribution in [0.15, 0.2) is 28.2 Å². The molecule has 2 N–H and O–H groups in total. The lowest BCUT2D eigenvalue weighted by atomic mass is 9.94. The molecule has 3 aliphatic rings. The van der Waals surface area contributed by atoms with Gasteiger partial charge in [-0.1, -0.05) is 0 Å². The first-order valence-corrected chi connectivity index (χ1v) is 9.80. The number of nitrogens with zero attached hydrogens (tertiary/aromatic N) is 4. The Morgan fingerprint density at radius 1 is 1.25 bits per heavy atom. The fourth-order valence-corrected chi connectivity index (χ4v) is 4.35. The number of H-pyrrole nitrogens is 2. The van der Waals surface area contributed by atoms with Gasteiger partial charge in [0.1, 0.15) is 0 Å². The normalized spacial score (nSPS) is 22.4. The number of carbonyl (C=O) groups is 1. The van der Waals surface area contributed by atoms with Crippen LogP contribution in [-0.2, 0) is 17.9 Å². The van der Waals surface area contributed by atoms with Crippen LogP contribution in [0.4, 0.5) is 0 Å². The van der Waals surface area contributed by atoms with E-state index in [1.54, 1.807) is 6.33 Å². The molecule has 9 nitrogen and oxygen atoms in total. The minimum atomic E-state index is -0.474. The molecule has 0 aromatic carbocycles. The molecule has 0 unspecified atom stereocenters. The van der Waals surface area contributed by atoms with Gasteiger partial charge < -0.3 is 14.5 Å². The smallest absolute Gasteiger partial charge is 0.328 e. The van der Waals surface area contributed by atoms with Gasteiger partial charge in [0, 0.05) is 63.1 Å². The lowest BCUT2D eigenvalue weighted by Gasteiger charge is -2.36. The van der Waals surface area contributed by atoms with Gasteiger partial charge in [-0.2, -0.15) is 0 Å². The highest BCUT2D eigenvalue weighted by Crippen LogP contribution is 2.29. The number of hydrogen-bond acceptors (Lipinski definition) is 5. The largest absolute Gasteiger partial charge is 0.348 e. The van der Waals surface area contributed by atoms with Crippen LogP contribution in [0, 0.1) is 12.8 Å². The molecule has 150 valence electrons. The number of rotatable bonds is 5. The molecule has 2 aromatic heterocycles. The van der Waals surface area contributed by atoms with Crippen molar-refractivity contribution in [1.29, 1.82) is 0 Å². The van der Waals surface area contributed by atoms with E-state index in [0.29, 0.717) is 5.92 Å². The molecule has 0 saturated carbocycles. The molecule has 28 heavy (non-hydrogen) atoms. The summed E-state index contributed by atoms with van der Waals surface area (Å²) in [5, 5.41) is 0. The summed E-state index contributed by atoms with van der Waals surface area (Å²) in [6.45, 7) is 5.72. The van der Waals surface area contributed by atoms with Gasteiger partial charge in [-0.15, -0.1) is 0 Å². The molecule has 0 spiro atoms. The number of aromatic amines is 2. The molecule has 2 aromatic rings. The van der Waals surface area contributed by atoms with E-state index in [4.69, 9.17) is 0 Å². The molecule has 5 rings (SSSR count). The summed E-state index contributed by atoms with van der Waals surface area (Å²) in [6.07, 6.45) is 5.59. The van der Waals surface area contributed by atoms with Crippen molar-refractivity contribution in [3.8, 4) is 0 Å². The highest BCUT2D eigenvalue weighted by Gasteiger charge is 2.37. The molecule has 3 aliphatic heterocycles. The van der Waals surface area contributed by atoms with Crippen LogP contribution in [0.1, 0.15) is 30.7 Å². The Morgan fingerprint density at radius 2 is 2.11 bits per heavy atom. The fraction of sp³-hybridized carbons (Fsp3) is 0.579. The monoisotopic (exact) mass is 386 g/mol. The van der Waals surface area contributed by atoms with Gasteiger partial charge in [-0.05, 0) is 25.7 Å². The van der Waals surface area contributed by atoms with E-state index in [-0.39, 0.29) is 24.9 Å². The molecule has 5 heterocycles. The second-order valence-electron chi connectivity index (χ2n) is 7.87. The molecule has 2 atom stereocenters. The van der Waals surface area contributed by atoms with Crippen LogP contribution < -0.4 is 11.2 Å². The minimum Gasteiger partial charge on any atom is -0.348 e. The summed E-state index contributed by atoms with van der Waals surface area (Å²) in [5.41, 5.74) is 1.26. The van der Waals surface area contributed by atoms with Crippen molar-refractivity contribution in [3.63, 3.8) is 0 Å². The van der Waals surface area contributed by atoms with Crippen molar-refractivity contribution in [2.24, 2.45) is 5.92 Å². The number of fused-ring (bicyclic) bond motifs is 4. The van der Waals surface area contributed by atoms with Crippen molar-refractivity contribution in [2.45, 2.75) is 45.3 Å². The zero-order valence-electron chi connectivity index (χ0n) is 16.1. The van der Waals surface area contributed by atoms with E-state index < -0.39 is 11.2 Å². The molecule has 3 fully saturated rings. The highest BCUT2D eigenvalue weighted by atomic mass is 16.2. The number of nitrogens with one attached hydrogen (secondary N) is 2. The second kappa shape index (κ2) is 7.75. The molecule has 0 aliphatic carbocycles. The van der Waals surface area contributed by atoms with Crippen molar-refractivity contribution in [1.82, 2.24) is 29.3 Å². The van der Waals surface area contributed by atoms with Gasteiger partial charge in [0.25, 0.3) is 5.56 Å². The zero-order valence-corrected chi connectivity index (χ0v) is 16.1. The van der Waals surface area contributed by atoms with Gasteiger partial charge in [-0.25, -0.2) is 9.78 Å². The van der Waals surface area contributed by atoms with Gasteiger partial charge in [0.15, 0.2) is 0 Å². The first kappa shape index (κ1) is 18.7. The molecule has 9 heteroatoms. The predicted molar refractivity (Wildman–Crippen MR) is 103 cm³/mol. The molecule has 1 amide bonds. The summed E-state index contributed by atoms with van der Waals surface area (Å²) in [6, 6.07) is 1.51. The maximum absolute atomic E-state index is 12.9. The molecule has 0 radical (unpaired) electrons. The predicted octanol–water partition coefficient (Wildman–Crippen LogP) is 0.0812. The third-order valence-corrected chi connectivity index (χ3v) is 5.88. The average molecular weight is 386 g/mol. The van der Waals surface area contributed by atoms with Crippen molar-refractivity contribution >= 4 is 5.91 Å². The summed E-state index contributed by atoms with van der Waals surface area (Å²) in [5.74, 6) is 0.545. The van der Waals surface area contributed by atoms with Crippen LogP contribution in [-0.4, -0.2) is 60.9 Å². The first-order chi connectivity index (χ1) is 13.5. The number of imidazole rings is 1. The number of carbonyl (C=O) groups excluding carboxylic acids is 1. The number of hydrogen-bond donors (Lipinski definition) is 2. The third-order valence-electron chi connectivity index (χ3n) is 5.88. The van der Waals surface area contributed by atoms with Crippen LogP contribution in [0.25, 0.3) is 0 Å². The van der Waals surface area contributed by atoms with E-state index in [2.05, 4.69) is 19.9 Å². The van der Waals surface area contributed by atoms with Crippen molar-refractivity contribution < 1.29 is 4.79 Å². The maximum Gasteiger partial charge on any atom is 0.328 e. The Morgan fingerprint density at radius 3 is 2.86 bits per heavy atom.